The van der Waals surface area contributed by atoms with E-state index in [0.717, 1.165) is 23.4 Å². The average molecular weight is 381 g/mol. The molecular formula is C15H22Cl2N2O3S. The molecule has 0 radical (unpaired) electrons. The van der Waals surface area contributed by atoms with Crippen LogP contribution in [-0.2, 0) is 14.8 Å². The monoisotopic (exact) mass is 380 g/mol. The lowest BCUT2D eigenvalue weighted by atomic mass is 10.3. The van der Waals surface area contributed by atoms with Crippen molar-refractivity contribution < 1.29 is 13.2 Å². The van der Waals surface area contributed by atoms with Crippen molar-refractivity contribution in [3.05, 3.63) is 28.2 Å². The summed E-state index contributed by atoms with van der Waals surface area (Å²) in [5.74, 6) is -0.106. The molecule has 1 rings (SSSR count). The standard InChI is InChI=1S/C15H22Cl2N2O3S/c1-4-5-9-18(2)15(20)8-10-19(23(3,21)22)14-11-12(16)6-7-13(14)17/h6-7,11H,4-5,8-10H2,1-3H3. The third-order valence-corrected chi connectivity index (χ3v) is 5.11. The largest absolute Gasteiger partial charge is 0.346 e. The quantitative estimate of drug-likeness (QED) is 0.694. The van der Waals surface area contributed by atoms with Crippen molar-refractivity contribution in [3.8, 4) is 0 Å². The first-order valence-electron chi connectivity index (χ1n) is 7.33. The molecule has 1 aromatic carbocycles. The van der Waals surface area contributed by atoms with Crippen LogP contribution >= 0.6 is 23.2 Å². The number of amides is 1. The zero-order valence-electron chi connectivity index (χ0n) is 13.6. The van der Waals surface area contributed by atoms with Gasteiger partial charge >= 0.3 is 0 Å². The first kappa shape index (κ1) is 20.1. The summed E-state index contributed by atoms with van der Waals surface area (Å²) in [6, 6.07) is 4.60. The van der Waals surface area contributed by atoms with Crippen molar-refractivity contribution in [1.82, 2.24) is 4.90 Å². The first-order valence-corrected chi connectivity index (χ1v) is 9.94. The maximum atomic E-state index is 12.1. The van der Waals surface area contributed by atoms with Crippen LogP contribution in [0, 0.1) is 0 Å². The van der Waals surface area contributed by atoms with E-state index in [0.29, 0.717) is 11.6 Å². The van der Waals surface area contributed by atoms with Gasteiger partial charge in [0.15, 0.2) is 0 Å². The van der Waals surface area contributed by atoms with Crippen LogP contribution in [0.3, 0.4) is 0 Å². The second-order valence-corrected chi connectivity index (χ2v) is 8.10. The molecule has 0 aliphatic carbocycles. The lowest BCUT2D eigenvalue weighted by Crippen LogP contribution is -2.35. The smallest absolute Gasteiger partial charge is 0.232 e. The van der Waals surface area contributed by atoms with Crippen molar-refractivity contribution in [2.24, 2.45) is 0 Å². The Balaban J connectivity index is 2.90. The zero-order chi connectivity index (χ0) is 17.6. The summed E-state index contributed by atoms with van der Waals surface area (Å²) in [7, 11) is -1.86. The first-order chi connectivity index (χ1) is 10.7. The van der Waals surface area contributed by atoms with Crippen LogP contribution in [0.4, 0.5) is 5.69 Å². The van der Waals surface area contributed by atoms with E-state index in [1.165, 1.54) is 12.1 Å². The van der Waals surface area contributed by atoms with E-state index in [9.17, 15) is 13.2 Å². The van der Waals surface area contributed by atoms with Crippen LogP contribution in [0.2, 0.25) is 10.0 Å². The highest BCUT2D eigenvalue weighted by atomic mass is 35.5. The fraction of sp³-hybridized carbons (Fsp3) is 0.533. The SMILES string of the molecule is CCCCN(C)C(=O)CCN(c1cc(Cl)ccc1Cl)S(C)(=O)=O. The molecule has 0 atom stereocenters. The van der Waals surface area contributed by atoms with Crippen molar-refractivity contribution in [1.29, 1.82) is 0 Å². The molecule has 0 bridgehead atoms. The van der Waals surface area contributed by atoms with Gasteiger partial charge in [-0.3, -0.25) is 9.10 Å². The van der Waals surface area contributed by atoms with Crippen LogP contribution in [0.5, 0.6) is 0 Å². The third-order valence-electron chi connectivity index (χ3n) is 3.38. The highest BCUT2D eigenvalue weighted by Gasteiger charge is 2.22. The van der Waals surface area contributed by atoms with Gasteiger partial charge in [0.25, 0.3) is 0 Å². The average Bonchev–Trinajstić information content (AvgIpc) is 2.46. The fourth-order valence-electron chi connectivity index (χ4n) is 2.05. The number of unbranched alkanes of at least 4 members (excludes halogenated alkanes) is 1. The normalized spacial score (nSPS) is 11.3. The molecular weight excluding hydrogens is 359 g/mol. The molecule has 8 heteroatoms. The minimum atomic E-state index is -3.58. The highest BCUT2D eigenvalue weighted by molar-refractivity contribution is 7.92. The Morgan fingerprint density at radius 1 is 1.22 bits per heavy atom. The van der Waals surface area contributed by atoms with Crippen LogP contribution in [0.25, 0.3) is 0 Å². The summed E-state index contributed by atoms with van der Waals surface area (Å²) >= 11 is 12.0. The molecule has 130 valence electrons. The Bertz CT molecular complexity index is 650. The number of hydrogen-bond acceptors (Lipinski definition) is 3. The third kappa shape index (κ3) is 6.20. The van der Waals surface area contributed by atoms with E-state index in [1.807, 2.05) is 6.92 Å². The van der Waals surface area contributed by atoms with Gasteiger partial charge in [0.05, 0.1) is 17.0 Å². The van der Waals surface area contributed by atoms with E-state index in [2.05, 4.69) is 0 Å². The molecule has 0 unspecified atom stereocenters. The lowest BCUT2D eigenvalue weighted by molar-refractivity contribution is -0.129. The van der Waals surface area contributed by atoms with Crippen molar-refractivity contribution in [3.63, 3.8) is 0 Å². The number of sulfonamides is 1. The molecule has 0 aliphatic heterocycles. The van der Waals surface area contributed by atoms with E-state index in [1.54, 1.807) is 18.0 Å². The minimum Gasteiger partial charge on any atom is -0.346 e. The molecule has 23 heavy (non-hydrogen) atoms. The van der Waals surface area contributed by atoms with Crippen molar-refractivity contribution in [2.75, 3.05) is 30.7 Å². The summed E-state index contributed by atoms with van der Waals surface area (Å²) in [5.41, 5.74) is 0.283. The molecule has 0 fully saturated rings. The van der Waals surface area contributed by atoms with E-state index in [-0.39, 0.29) is 29.6 Å². The Morgan fingerprint density at radius 2 is 1.87 bits per heavy atom. The van der Waals surface area contributed by atoms with E-state index < -0.39 is 10.0 Å². The number of nitrogens with zero attached hydrogens (tertiary/aromatic N) is 2. The maximum absolute atomic E-state index is 12.1. The Morgan fingerprint density at radius 3 is 2.43 bits per heavy atom. The lowest BCUT2D eigenvalue weighted by Gasteiger charge is -2.25. The van der Waals surface area contributed by atoms with Crippen molar-refractivity contribution in [2.45, 2.75) is 26.2 Å². The Labute approximate surface area is 148 Å². The summed E-state index contributed by atoms with van der Waals surface area (Å²) < 4.78 is 25.2. The summed E-state index contributed by atoms with van der Waals surface area (Å²) in [6.07, 6.45) is 3.06. The van der Waals surface area contributed by atoms with Gasteiger partial charge in [-0.25, -0.2) is 8.42 Å². The van der Waals surface area contributed by atoms with Gasteiger partial charge in [-0.15, -0.1) is 0 Å². The van der Waals surface area contributed by atoms with Crippen LogP contribution in [0.15, 0.2) is 18.2 Å². The summed E-state index contributed by atoms with van der Waals surface area (Å²) in [6.45, 7) is 2.73. The number of anilines is 1. The zero-order valence-corrected chi connectivity index (χ0v) is 15.9. The van der Waals surface area contributed by atoms with Gasteiger partial charge in [-0.05, 0) is 24.6 Å². The number of halogens is 2. The number of hydrogen-bond donors (Lipinski definition) is 0. The second kappa shape index (κ2) is 8.76. The number of carbonyl (C=O) groups is 1. The summed E-state index contributed by atoms with van der Waals surface area (Å²) in [4.78, 5) is 13.7. The van der Waals surface area contributed by atoms with Crippen molar-refractivity contribution >= 4 is 44.8 Å². The number of rotatable bonds is 8. The van der Waals surface area contributed by atoms with Gasteiger partial charge in [0.2, 0.25) is 15.9 Å². The van der Waals surface area contributed by atoms with E-state index >= 15 is 0 Å². The molecule has 0 N–H and O–H groups in total. The second-order valence-electron chi connectivity index (χ2n) is 5.35. The van der Waals surface area contributed by atoms with Crippen LogP contribution in [0.1, 0.15) is 26.2 Å². The molecule has 1 aromatic rings. The summed E-state index contributed by atoms with van der Waals surface area (Å²) in [5, 5.41) is 0.649. The number of benzene rings is 1. The molecule has 0 saturated carbocycles. The minimum absolute atomic E-state index is 0.0220. The predicted molar refractivity (Wildman–Crippen MR) is 95.8 cm³/mol. The van der Waals surface area contributed by atoms with Crippen LogP contribution in [-0.4, -0.2) is 45.6 Å². The fourth-order valence-corrected chi connectivity index (χ4v) is 3.42. The van der Waals surface area contributed by atoms with Crippen LogP contribution < -0.4 is 4.31 Å². The van der Waals surface area contributed by atoms with Gasteiger partial charge in [0.1, 0.15) is 0 Å². The molecule has 5 nitrogen and oxygen atoms in total. The van der Waals surface area contributed by atoms with E-state index in [4.69, 9.17) is 23.2 Å². The van der Waals surface area contributed by atoms with Gasteiger partial charge in [-0.1, -0.05) is 36.5 Å². The predicted octanol–water partition coefficient (Wildman–Crippen LogP) is 3.41. The topological polar surface area (TPSA) is 57.7 Å². The molecule has 0 aromatic heterocycles. The van der Waals surface area contributed by atoms with Gasteiger partial charge < -0.3 is 4.90 Å². The molecule has 0 aliphatic rings. The molecule has 0 saturated heterocycles. The van der Waals surface area contributed by atoms with Gasteiger partial charge in [-0.2, -0.15) is 0 Å². The molecule has 0 spiro atoms. The Kier molecular flexibility index (Phi) is 7.64. The molecule has 1 amide bonds. The molecule has 0 heterocycles. The Hall–Kier alpha value is -0.980. The van der Waals surface area contributed by atoms with Gasteiger partial charge in [0, 0.05) is 31.6 Å². The maximum Gasteiger partial charge on any atom is 0.232 e. The number of carbonyl (C=O) groups excluding carboxylic acids is 1. The highest BCUT2D eigenvalue weighted by Crippen LogP contribution is 2.30.